The number of ether oxygens (including phenoxy) is 3. The van der Waals surface area contributed by atoms with Crippen molar-refractivity contribution in [3.63, 3.8) is 0 Å². The van der Waals surface area contributed by atoms with Gasteiger partial charge in [-0.25, -0.2) is 0 Å². The lowest BCUT2D eigenvalue weighted by Gasteiger charge is -2.15. The molecule has 2 aromatic rings. The lowest BCUT2D eigenvalue weighted by Crippen LogP contribution is -2.11. The monoisotopic (exact) mass is 315 g/mol. The predicted molar refractivity (Wildman–Crippen MR) is 91.8 cm³/mol. The van der Waals surface area contributed by atoms with Crippen LogP contribution in [0.3, 0.4) is 0 Å². The fraction of sp³-hybridized carbons (Fsp3) is 0.368. The zero-order valence-electron chi connectivity index (χ0n) is 13.8. The summed E-state index contributed by atoms with van der Waals surface area (Å²) in [5, 5.41) is 0. The van der Waals surface area contributed by atoms with E-state index in [-0.39, 0.29) is 6.04 Å². The Morgan fingerprint density at radius 1 is 0.957 bits per heavy atom. The van der Waals surface area contributed by atoms with Gasteiger partial charge in [-0.3, -0.25) is 0 Å². The van der Waals surface area contributed by atoms with Crippen molar-refractivity contribution in [3.05, 3.63) is 59.7 Å². The molecule has 1 atom stereocenters. The molecule has 0 aromatic heterocycles. The van der Waals surface area contributed by atoms with Crippen LogP contribution in [0, 0.1) is 0 Å². The number of methoxy groups -OCH3 is 2. The number of nitrogens with two attached hydrogens (primary N) is 1. The smallest absolute Gasteiger partial charge is 0.161 e. The summed E-state index contributed by atoms with van der Waals surface area (Å²) >= 11 is 0. The minimum absolute atomic E-state index is 0.0323. The van der Waals surface area contributed by atoms with Gasteiger partial charge in [-0.1, -0.05) is 36.4 Å². The molecule has 124 valence electrons. The van der Waals surface area contributed by atoms with Crippen molar-refractivity contribution in [3.8, 4) is 11.5 Å². The van der Waals surface area contributed by atoms with Crippen LogP contribution in [0.5, 0.6) is 11.5 Å². The SMILES string of the molecule is COc1ccc([C@H](N)CCCOCc2ccccc2)cc1OC. The molecular formula is C19H25NO3. The molecule has 2 aromatic carbocycles. The maximum Gasteiger partial charge on any atom is 0.161 e. The molecule has 0 fully saturated rings. The zero-order chi connectivity index (χ0) is 16.5. The molecule has 0 saturated carbocycles. The second-order valence-electron chi connectivity index (χ2n) is 5.40. The summed E-state index contributed by atoms with van der Waals surface area (Å²) in [6, 6.07) is 16.0. The van der Waals surface area contributed by atoms with Gasteiger partial charge >= 0.3 is 0 Å². The molecule has 23 heavy (non-hydrogen) atoms. The maximum atomic E-state index is 6.25. The van der Waals surface area contributed by atoms with Gasteiger partial charge in [0.15, 0.2) is 11.5 Å². The molecule has 0 aliphatic rings. The molecule has 2 rings (SSSR count). The van der Waals surface area contributed by atoms with E-state index in [4.69, 9.17) is 19.9 Å². The van der Waals surface area contributed by atoms with Crippen LogP contribution in [-0.4, -0.2) is 20.8 Å². The Labute approximate surface area is 138 Å². The van der Waals surface area contributed by atoms with E-state index in [1.165, 1.54) is 5.56 Å². The summed E-state index contributed by atoms with van der Waals surface area (Å²) in [5.74, 6) is 1.43. The van der Waals surface area contributed by atoms with Crippen molar-refractivity contribution >= 4 is 0 Å². The van der Waals surface area contributed by atoms with Gasteiger partial charge in [0.25, 0.3) is 0 Å². The number of hydrogen-bond acceptors (Lipinski definition) is 4. The second kappa shape index (κ2) is 9.18. The highest BCUT2D eigenvalue weighted by atomic mass is 16.5. The summed E-state index contributed by atoms with van der Waals surface area (Å²) in [6.07, 6.45) is 1.78. The molecular weight excluding hydrogens is 290 g/mol. The quantitative estimate of drug-likeness (QED) is 0.717. The Hall–Kier alpha value is -2.04. The molecule has 4 heteroatoms. The van der Waals surface area contributed by atoms with Crippen LogP contribution in [0.1, 0.15) is 30.0 Å². The van der Waals surface area contributed by atoms with Gasteiger partial charge in [0, 0.05) is 12.6 Å². The maximum absolute atomic E-state index is 6.25. The summed E-state index contributed by atoms with van der Waals surface area (Å²) in [6.45, 7) is 1.35. The van der Waals surface area contributed by atoms with Gasteiger partial charge in [-0.15, -0.1) is 0 Å². The first-order valence-electron chi connectivity index (χ1n) is 7.83. The molecule has 4 nitrogen and oxygen atoms in total. The average Bonchev–Trinajstić information content (AvgIpc) is 2.61. The largest absolute Gasteiger partial charge is 0.493 e. The van der Waals surface area contributed by atoms with Crippen LogP contribution < -0.4 is 15.2 Å². The fourth-order valence-corrected chi connectivity index (χ4v) is 2.42. The molecule has 2 N–H and O–H groups in total. The van der Waals surface area contributed by atoms with E-state index in [2.05, 4.69) is 12.1 Å². The third kappa shape index (κ3) is 5.27. The lowest BCUT2D eigenvalue weighted by atomic mass is 10.0. The molecule has 0 unspecified atom stereocenters. The molecule has 0 amide bonds. The van der Waals surface area contributed by atoms with Crippen LogP contribution in [0.15, 0.2) is 48.5 Å². The van der Waals surface area contributed by atoms with Gasteiger partial charge in [0.05, 0.1) is 20.8 Å². The van der Waals surface area contributed by atoms with Gasteiger partial charge in [-0.2, -0.15) is 0 Å². The van der Waals surface area contributed by atoms with Gasteiger partial charge < -0.3 is 19.9 Å². The Balaban J connectivity index is 1.75. The molecule has 0 spiro atoms. The molecule has 0 heterocycles. The Bertz CT molecular complexity index is 586. The first kappa shape index (κ1) is 17.3. The first-order valence-corrected chi connectivity index (χ1v) is 7.83. The van der Waals surface area contributed by atoms with Crippen molar-refractivity contribution in [2.24, 2.45) is 5.73 Å². The standard InChI is InChI=1S/C19H25NO3/c1-21-18-11-10-16(13-19(18)22-2)17(20)9-6-12-23-14-15-7-4-3-5-8-15/h3-5,7-8,10-11,13,17H,6,9,12,14,20H2,1-2H3/t17-/m1/s1. The highest BCUT2D eigenvalue weighted by molar-refractivity contribution is 5.43. The van der Waals surface area contributed by atoms with E-state index in [0.29, 0.717) is 19.0 Å². The third-order valence-corrected chi connectivity index (χ3v) is 3.75. The molecule has 0 saturated heterocycles. The zero-order valence-corrected chi connectivity index (χ0v) is 13.8. The van der Waals surface area contributed by atoms with Crippen LogP contribution >= 0.6 is 0 Å². The number of hydrogen-bond donors (Lipinski definition) is 1. The normalized spacial score (nSPS) is 12.0. The summed E-state index contributed by atoms with van der Waals surface area (Å²) < 4.78 is 16.2. The third-order valence-electron chi connectivity index (χ3n) is 3.75. The Morgan fingerprint density at radius 2 is 1.70 bits per heavy atom. The number of benzene rings is 2. The van der Waals surface area contributed by atoms with Gasteiger partial charge in [-0.05, 0) is 36.1 Å². The van der Waals surface area contributed by atoms with Gasteiger partial charge in [0.2, 0.25) is 0 Å². The average molecular weight is 315 g/mol. The van der Waals surface area contributed by atoms with Crippen LogP contribution in [0.2, 0.25) is 0 Å². The van der Waals surface area contributed by atoms with E-state index in [9.17, 15) is 0 Å². The minimum Gasteiger partial charge on any atom is -0.493 e. The van der Waals surface area contributed by atoms with Crippen LogP contribution in [0.4, 0.5) is 0 Å². The first-order chi connectivity index (χ1) is 11.2. The topological polar surface area (TPSA) is 53.7 Å². The molecule has 0 bridgehead atoms. The van der Waals surface area contributed by atoms with Crippen molar-refractivity contribution in [2.75, 3.05) is 20.8 Å². The summed E-state index contributed by atoms with van der Waals surface area (Å²) in [7, 11) is 3.26. The van der Waals surface area contributed by atoms with E-state index in [1.807, 2.05) is 36.4 Å². The summed E-state index contributed by atoms with van der Waals surface area (Å²) in [5.41, 5.74) is 8.49. The molecule has 0 radical (unpaired) electrons. The van der Waals surface area contributed by atoms with Crippen LogP contribution in [-0.2, 0) is 11.3 Å². The van der Waals surface area contributed by atoms with Crippen molar-refractivity contribution in [2.45, 2.75) is 25.5 Å². The predicted octanol–water partition coefficient (Wildman–Crippen LogP) is 3.70. The highest BCUT2D eigenvalue weighted by Crippen LogP contribution is 2.30. The Morgan fingerprint density at radius 3 is 2.39 bits per heavy atom. The highest BCUT2D eigenvalue weighted by Gasteiger charge is 2.10. The van der Waals surface area contributed by atoms with Crippen molar-refractivity contribution in [1.29, 1.82) is 0 Å². The summed E-state index contributed by atoms with van der Waals surface area (Å²) in [4.78, 5) is 0. The van der Waals surface area contributed by atoms with E-state index >= 15 is 0 Å². The van der Waals surface area contributed by atoms with Crippen LogP contribution in [0.25, 0.3) is 0 Å². The van der Waals surface area contributed by atoms with Crippen molar-refractivity contribution < 1.29 is 14.2 Å². The number of rotatable bonds is 9. The molecule has 0 aliphatic heterocycles. The van der Waals surface area contributed by atoms with Gasteiger partial charge in [0.1, 0.15) is 0 Å². The fourth-order valence-electron chi connectivity index (χ4n) is 2.42. The van der Waals surface area contributed by atoms with E-state index < -0.39 is 0 Å². The second-order valence-corrected chi connectivity index (χ2v) is 5.40. The minimum atomic E-state index is -0.0323. The Kier molecular flexibility index (Phi) is 6.91. The lowest BCUT2D eigenvalue weighted by molar-refractivity contribution is 0.116. The molecule has 0 aliphatic carbocycles. The van der Waals surface area contributed by atoms with E-state index in [1.54, 1.807) is 14.2 Å². The van der Waals surface area contributed by atoms with E-state index in [0.717, 1.165) is 24.2 Å². The van der Waals surface area contributed by atoms with Crippen molar-refractivity contribution in [1.82, 2.24) is 0 Å².